The molecule has 1 aromatic rings. The van der Waals surface area contributed by atoms with Gasteiger partial charge in [0.2, 0.25) is 5.95 Å². The zero-order chi connectivity index (χ0) is 14.8. The van der Waals surface area contributed by atoms with Crippen molar-refractivity contribution in [3.8, 4) is 0 Å². The molecule has 0 amide bonds. The van der Waals surface area contributed by atoms with Gasteiger partial charge in [-0.2, -0.15) is 5.10 Å². The maximum Gasteiger partial charge on any atom is 0.305 e. The number of anilines is 1. The Labute approximate surface area is 120 Å². The fourth-order valence-electron chi connectivity index (χ4n) is 1.89. The van der Waals surface area contributed by atoms with E-state index in [-0.39, 0.29) is 5.97 Å². The molecule has 112 valence electrons. The normalized spacial score (nSPS) is 10.3. The number of rotatable bonds is 9. The van der Waals surface area contributed by atoms with Crippen molar-refractivity contribution in [1.29, 1.82) is 0 Å². The van der Waals surface area contributed by atoms with Crippen molar-refractivity contribution in [3.05, 3.63) is 11.4 Å². The van der Waals surface area contributed by atoms with E-state index < -0.39 is 0 Å². The van der Waals surface area contributed by atoms with E-state index in [2.05, 4.69) is 39.1 Å². The summed E-state index contributed by atoms with van der Waals surface area (Å²) in [6.45, 7) is 4.91. The van der Waals surface area contributed by atoms with E-state index in [1.807, 2.05) is 0 Å². The molecule has 0 aliphatic heterocycles. The number of unbranched alkanes of at least 4 members (excludes halogenated alkanes) is 2. The van der Waals surface area contributed by atoms with Crippen LogP contribution in [0.5, 0.6) is 0 Å². The maximum absolute atomic E-state index is 10.9. The highest BCUT2D eigenvalue weighted by molar-refractivity contribution is 5.68. The summed E-state index contributed by atoms with van der Waals surface area (Å²) < 4.78 is 4.59. The van der Waals surface area contributed by atoms with Crippen LogP contribution in [0.4, 0.5) is 5.95 Å². The smallest absolute Gasteiger partial charge is 0.305 e. The summed E-state index contributed by atoms with van der Waals surface area (Å²) in [5, 5.41) is 11.4. The van der Waals surface area contributed by atoms with Crippen LogP contribution in [0.3, 0.4) is 0 Å². The van der Waals surface area contributed by atoms with Gasteiger partial charge in [-0.25, -0.2) is 4.98 Å². The van der Waals surface area contributed by atoms with Crippen LogP contribution in [0.25, 0.3) is 0 Å². The van der Waals surface area contributed by atoms with Gasteiger partial charge in [0.1, 0.15) is 0 Å². The van der Waals surface area contributed by atoms with Crippen molar-refractivity contribution < 1.29 is 9.53 Å². The molecule has 0 aliphatic carbocycles. The molecule has 0 saturated carbocycles. The molecule has 0 aliphatic rings. The lowest BCUT2D eigenvalue weighted by molar-refractivity contribution is -0.140. The number of nitrogens with zero attached hydrogens (tertiary/aromatic N) is 3. The van der Waals surface area contributed by atoms with Gasteiger partial charge in [-0.1, -0.05) is 20.3 Å². The third kappa shape index (κ3) is 5.50. The number of aromatic nitrogens is 3. The van der Waals surface area contributed by atoms with E-state index in [0.29, 0.717) is 12.4 Å². The number of hydrogen-bond donors (Lipinski definition) is 1. The molecule has 0 aromatic carbocycles. The fraction of sp³-hybridized carbons (Fsp3) is 0.714. The van der Waals surface area contributed by atoms with E-state index >= 15 is 0 Å². The average Bonchev–Trinajstić information content (AvgIpc) is 2.49. The van der Waals surface area contributed by atoms with Gasteiger partial charge < -0.3 is 10.1 Å². The average molecular weight is 280 g/mol. The van der Waals surface area contributed by atoms with E-state index in [9.17, 15) is 4.79 Å². The molecule has 1 rings (SSSR count). The van der Waals surface area contributed by atoms with Gasteiger partial charge >= 0.3 is 5.97 Å². The zero-order valence-corrected chi connectivity index (χ0v) is 12.6. The van der Waals surface area contributed by atoms with Crippen LogP contribution in [0.15, 0.2) is 0 Å². The van der Waals surface area contributed by atoms with Gasteiger partial charge in [0.15, 0.2) is 0 Å². The van der Waals surface area contributed by atoms with Crippen molar-refractivity contribution in [2.75, 3.05) is 19.0 Å². The van der Waals surface area contributed by atoms with Crippen molar-refractivity contribution in [1.82, 2.24) is 15.2 Å². The summed E-state index contributed by atoms with van der Waals surface area (Å²) in [5.41, 5.74) is 1.98. The Morgan fingerprint density at radius 3 is 2.50 bits per heavy atom. The van der Waals surface area contributed by atoms with Crippen molar-refractivity contribution in [2.45, 2.75) is 52.4 Å². The zero-order valence-electron chi connectivity index (χ0n) is 12.6. The Morgan fingerprint density at radius 1 is 1.10 bits per heavy atom. The number of aryl methyl sites for hydroxylation is 2. The molecule has 1 N–H and O–H groups in total. The van der Waals surface area contributed by atoms with Crippen LogP contribution < -0.4 is 5.32 Å². The summed E-state index contributed by atoms with van der Waals surface area (Å²) >= 11 is 0. The van der Waals surface area contributed by atoms with Gasteiger partial charge in [-0.3, -0.25) is 4.79 Å². The monoisotopic (exact) mass is 280 g/mol. The standard InChI is InChI=1S/C14H24N4O2/c1-4-11-12(5-2)17-18-14(16-11)15-10-8-6-7-9-13(19)20-3/h4-10H2,1-3H3,(H,15,16,18). The molecule has 6 nitrogen and oxygen atoms in total. The third-order valence-electron chi connectivity index (χ3n) is 3.08. The fourth-order valence-corrected chi connectivity index (χ4v) is 1.89. The third-order valence-corrected chi connectivity index (χ3v) is 3.08. The van der Waals surface area contributed by atoms with Gasteiger partial charge in [-0.05, 0) is 25.7 Å². The minimum absolute atomic E-state index is 0.145. The largest absolute Gasteiger partial charge is 0.469 e. The first-order valence-corrected chi connectivity index (χ1v) is 7.24. The van der Waals surface area contributed by atoms with E-state index in [0.717, 1.165) is 50.0 Å². The number of carbonyl (C=O) groups excluding carboxylic acids is 1. The lowest BCUT2D eigenvalue weighted by Crippen LogP contribution is -2.10. The predicted molar refractivity (Wildman–Crippen MR) is 77.6 cm³/mol. The van der Waals surface area contributed by atoms with Crippen LogP contribution in [0.1, 0.15) is 50.9 Å². The second kappa shape index (κ2) is 9.23. The molecule has 0 radical (unpaired) electrons. The molecule has 0 atom stereocenters. The van der Waals surface area contributed by atoms with E-state index in [4.69, 9.17) is 0 Å². The Balaban J connectivity index is 2.27. The van der Waals surface area contributed by atoms with Crippen LogP contribution in [0.2, 0.25) is 0 Å². The van der Waals surface area contributed by atoms with Crippen LogP contribution in [0, 0.1) is 0 Å². The number of nitrogens with one attached hydrogen (secondary N) is 1. The summed E-state index contributed by atoms with van der Waals surface area (Å²) in [4.78, 5) is 15.4. The van der Waals surface area contributed by atoms with Crippen LogP contribution in [-0.2, 0) is 22.4 Å². The molecule has 0 spiro atoms. The number of esters is 1. The molecule has 0 bridgehead atoms. The molecule has 20 heavy (non-hydrogen) atoms. The van der Waals surface area contributed by atoms with Crippen molar-refractivity contribution >= 4 is 11.9 Å². The number of hydrogen-bond acceptors (Lipinski definition) is 6. The van der Waals surface area contributed by atoms with Crippen LogP contribution in [-0.4, -0.2) is 34.8 Å². The molecule has 0 fully saturated rings. The number of methoxy groups -OCH3 is 1. The predicted octanol–water partition coefficient (Wildman–Crippen LogP) is 2.14. The van der Waals surface area contributed by atoms with Gasteiger partial charge in [-0.15, -0.1) is 5.10 Å². The summed E-state index contributed by atoms with van der Waals surface area (Å²) in [6.07, 6.45) is 5.01. The SMILES string of the molecule is CCc1nnc(NCCCCCC(=O)OC)nc1CC. The molecule has 1 heterocycles. The lowest BCUT2D eigenvalue weighted by Gasteiger charge is -2.07. The number of carbonyl (C=O) groups is 1. The second-order valence-corrected chi connectivity index (χ2v) is 4.55. The number of ether oxygens (including phenoxy) is 1. The molecule has 1 aromatic heterocycles. The summed E-state index contributed by atoms with van der Waals surface area (Å²) in [7, 11) is 1.42. The molecular formula is C14H24N4O2. The van der Waals surface area contributed by atoms with E-state index in [1.54, 1.807) is 0 Å². The van der Waals surface area contributed by atoms with Gasteiger partial charge in [0.05, 0.1) is 18.5 Å². The highest BCUT2D eigenvalue weighted by Crippen LogP contribution is 2.07. The molecule has 6 heteroatoms. The Hall–Kier alpha value is -1.72. The molecular weight excluding hydrogens is 256 g/mol. The Morgan fingerprint density at radius 2 is 1.85 bits per heavy atom. The quantitative estimate of drug-likeness (QED) is 0.551. The Bertz CT molecular complexity index is 424. The van der Waals surface area contributed by atoms with Gasteiger partial charge in [0, 0.05) is 13.0 Å². The van der Waals surface area contributed by atoms with Gasteiger partial charge in [0.25, 0.3) is 0 Å². The first-order chi connectivity index (χ1) is 9.71. The topological polar surface area (TPSA) is 77.0 Å². The highest BCUT2D eigenvalue weighted by atomic mass is 16.5. The first kappa shape index (κ1) is 16.3. The summed E-state index contributed by atoms with van der Waals surface area (Å²) in [5.74, 6) is 0.445. The Kier molecular flexibility index (Phi) is 7.54. The lowest BCUT2D eigenvalue weighted by atomic mass is 10.2. The van der Waals surface area contributed by atoms with Crippen molar-refractivity contribution in [3.63, 3.8) is 0 Å². The van der Waals surface area contributed by atoms with Crippen molar-refractivity contribution in [2.24, 2.45) is 0 Å². The first-order valence-electron chi connectivity index (χ1n) is 7.24. The van der Waals surface area contributed by atoms with E-state index in [1.165, 1.54) is 7.11 Å². The molecule has 0 unspecified atom stereocenters. The van der Waals surface area contributed by atoms with Crippen LogP contribution >= 0.6 is 0 Å². The molecule has 0 saturated heterocycles. The minimum atomic E-state index is -0.145. The minimum Gasteiger partial charge on any atom is -0.469 e. The highest BCUT2D eigenvalue weighted by Gasteiger charge is 2.05. The summed E-state index contributed by atoms with van der Waals surface area (Å²) in [6, 6.07) is 0. The maximum atomic E-state index is 10.9. The second-order valence-electron chi connectivity index (χ2n) is 4.55.